The van der Waals surface area contributed by atoms with Gasteiger partial charge >= 0.3 is 0 Å². The van der Waals surface area contributed by atoms with Gasteiger partial charge in [0.25, 0.3) is 0 Å². The first kappa shape index (κ1) is 11.8. The molecule has 1 fully saturated rings. The molecule has 2 rings (SSSR count). The number of hydrogen-bond acceptors (Lipinski definition) is 3. The highest BCUT2D eigenvalue weighted by molar-refractivity contribution is 6.31. The standard InChI is InChI=1S/C12H17ClN2O/c1-9-5-12(16,8-15(9)2)6-10-3-4-14-7-11(10)13/h3-4,7,9,16H,5-6,8H2,1-2H3. The average Bonchev–Trinajstić information content (AvgIpc) is 2.45. The number of aromatic nitrogens is 1. The number of likely N-dealkylation sites (N-methyl/N-ethyl adjacent to an activating group) is 1. The van der Waals surface area contributed by atoms with Crippen LogP contribution in [0.25, 0.3) is 0 Å². The molecule has 1 saturated heterocycles. The summed E-state index contributed by atoms with van der Waals surface area (Å²) in [5, 5.41) is 11.1. The van der Waals surface area contributed by atoms with E-state index in [1.165, 1.54) is 0 Å². The van der Waals surface area contributed by atoms with E-state index in [2.05, 4.69) is 16.8 Å². The van der Waals surface area contributed by atoms with Gasteiger partial charge in [-0.1, -0.05) is 11.6 Å². The number of rotatable bonds is 2. The second-order valence-corrected chi connectivity index (χ2v) is 5.24. The summed E-state index contributed by atoms with van der Waals surface area (Å²) in [6.07, 6.45) is 4.74. The maximum atomic E-state index is 10.5. The number of β-amino-alcohol motifs (C(OH)–C–C–N with tert-alkyl or cyclic N) is 1. The van der Waals surface area contributed by atoms with Crippen molar-refractivity contribution in [3.05, 3.63) is 29.0 Å². The fourth-order valence-electron chi connectivity index (χ4n) is 2.42. The Morgan fingerprint density at radius 2 is 2.44 bits per heavy atom. The SMILES string of the molecule is CC1CC(O)(Cc2ccncc2Cl)CN1C. The van der Waals surface area contributed by atoms with Crippen molar-refractivity contribution in [2.24, 2.45) is 0 Å². The number of pyridine rings is 1. The van der Waals surface area contributed by atoms with Crippen LogP contribution in [-0.4, -0.2) is 40.2 Å². The van der Waals surface area contributed by atoms with Gasteiger partial charge in [-0.25, -0.2) is 0 Å². The van der Waals surface area contributed by atoms with Gasteiger partial charge in [-0.2, -0.15) is 0 Å². The van der Waals surface area contributed by atoms with Crippen molar-refractivity contribution in [1.29, 1.82) is 0 Å². The molecule has 1 N–H and O–H groups in total. The lowest BCUT2D eigenvalue weighted by Gasteiger charge is -2.22. The van der Waals surface area contributed by atoms with Crippen LogP contribution >= 0.6 is 11.6 Å². The normalized spacial score (nSPS) is 30.9. The molecule has 1 aliphatic heterocycles. The smallest absolute Gasteiger partial charge is 0.0829 e. The Balaban J connectivity index is 2.13. The van der Waals surface area contributed by atoms with Gasteiger partial charge in [-0.3, -0.25) is 4.98 Å². The Morgan fingerprint density at radius 1 is 1.69 bits per heavy atom. The van der Waals surface area contributed by atoms with Crippen molar-refractivity contribution in [3.63, 3.8) is 0 Å². The van der Waals surface area contributed by atoms with Crippen LogP contribution in [0.2, 0.25) is 5.02 Å². The van der Waals surface area contributed by atoms with E-state index in [1.807, 2.05) is 13.1 Å². The number of likely N-dealkylation sites (tertiary alicyclic amines) is 1. The maximum Gasteiger partial charge on any atom is 0.0829 e. The van der Waals surface area contributed by atoms with E-state index in [9.17, 15) is 5.11 Å². The molecule has 0 aromatic carbocycles. The number of nitrogens with zero attached hydrogens (tertiary/aromatic N) is 2. The highest BCUT2D eigenvalue weighted by Crippen LogP contribution is 2.30. The van der Waals surface area contributed by atoms with Crippen molar-refractivity contribution in [3.8, 4) is 0 Å². The van der Waals surface area contributed by atoms with Gasteiger partial charge in [0.15, 0.2) is 0 Å². The van der Waals surface area contributed by atoms with E-state index in [4.69, 9.17) is 11.6 Å². The molecule has 0 saturated carbocycles. The highest BCUT2D eigenvalue weighted by Gasteiger charge is 2.39. The monoisotopic (exact) mass is 240 g/mol. The minimum Gasteiger partial charge on any atom is -0.388 e. The van der Waals surface area contributed by atoms with Crippen LogP contribution < -0.4 is 0 Å². The quantitative estimate of drug-likeness (QED) is 0.856. The fraction of sp³-hybridized carbons (Fsp3) is 0.583. The van der Waals surface area contributed by atoms with E-state index in [-0.39, 0.29) is 0 Å². The van der Waals surface area contributed by atoms with E-state index >= 15 is 0 Å². The third-order valence-electron chi connectivity index (χ3n) is 3.35. The van der Waals surface area contributed by atoms with Crippen LogP contribution in [0.4, 0.5) is 0 Å². The van der Waals surface area contributed by atoms with Crippen molar-refractivity contribution in [2.75, 3.05) is 13.6 Å². The topological polar surface area (TPSA) is 36.4 Å². The average molecular weight is 241 g/mol. The molecule has 2 atom stereocenters. The van der Waals surface area contributed by atoms with E-state index in [0.29, 0.717) is 24.0 Å². The summed E-state index contributed by atoms with van der Waals surface area (Å²) in [5.41, 5.74) is 0.320. The van der Waals surface area contributed by atoms with Crippen LogP contribution in [-0.2, 0) is 6.42 Å². The van der Waals surface area contributed by atoms with Crippen molar-refractivity contribution < 1.29 is 5.11 Å². The Labute approximate surface area is 101 Å². The number of halogens is 1. The molecule has 0 amide bonds. The lowest BCUT2D eigenvalue weighted by Crippen LogP contribution is -2.34. The largest absolute Gasteiger partial charge is 0.388 e. The Bertz CT molecular complexity index is 373. The van der Waals surface area contributed by atoms with Gasteiger partial charge in [0.1, 0.15) is 0 Å². The molecular formula is C12H17ClN2O. The van der Waals surface area contributed by atoms with Gasteiger partial charge in [-0.05, 0) is 32.0 Å². The molecule has 0 radical (unpaired) electrons. The summed E-state index contributed by atoms with van der Waals surface area (Å²) < 4.78 is 0. The molecular weight excluding hydrogens is 224 g/mol. The zero-order valence-corrected chi connectivity index (χ0v) is 10.4. The summed E-state index contributed by atoms with van der Waals surface area (Å²) in [6.45, 7) is 2.83. The van der Waals surface area contributed by atoms with Crippen molar-refractivity contribution in [2.45, 2.75) is 31.4 Å². The first-order valence-electron chi connectivity index (χ1n) is 5.51. The molecule has 0 spiro atoms. The minimum atomic E-state index is -0.654. The van der Waals surface area contributed by atoms with Crippen LogP contribution in [0.3, 0.4) is 0 Å². The minimum absolute atomic E-state index is 0.422. The predicted molar refractivity (Wildman–Crippen MR) is 64.6 cm³/mol. The second kappa shape index (κ2) is 4.32. The third kappa shape index (κ3) is 2.37. The van der Waals surface area contributed by atoms with E-state index < -0.39 is 5.60 Å². The molecule has 4 heteroatoms. The summed E-state index contributed by atoms with van der Waals surface area (Å²) in [4.78, 5) is 6.12. The molecule has 88 valence electrons. The van der Waals surface area contributed by atoms with Crippen LogP contribution in [0.15, 0.2) is 18.5 Å². The van der Waals surface area contributed by atoms with Crippen LogP contribution in [0, 0.1) is 0 Å². The highest BCUT2D eigenvalue weighted by atomic mass is 35.5. The summed E-state index contributed by atoms with van der Waals surface area (Å²) in [5.74, 6) is 0. The molecule has 2 unspecified atom stereocenters. The van der Waals surface area contributed by atoms with Crippen molar-refractivity contribution in [1.82, 2.24) is 9.88 Å². The summed E-state index contributed by atoms with van der Waals surface area (Å²) >= 11 is 6.05. The van der Waals surface area contributed by atoms with Crippen LogP contribution in [0.5, 0.6) is 0 Å². The molecule has 16 heavy (non-hydrogen) atoms. The van der Waals surface area contributed by atoms with Gasteiger partial charge in [0, 0.05) is 31.4 Å². The van der Waals surface area contributed by atoms with Gasteiger partial charge in [0.05, 0.1) is 10.6 Å². The molecule has 0 aliphatic carbocycles. The van der Waals surface area contributed by atoms with E-state index in [0.717, 1.165) is 12.0 Å². The third-order valence-corrected chi connectivity index (χ3v) is 3.69. The summed E-state index contributed by atoms with van der Waals surface area (Å²) in [7, 11) is 2.04. The molecule has 1 aromatic rings. The molecule has 0 bridgehead atoms. The maximum absolute atomic E-state index is 10.5. The molecule has 3 nitrogen and oxygen atoms in total. The van der Waals surface area contributed by atoms with Gasteiger partial charge < -0.3 is 10.0 Å². The molecule has 2 heterocycles. The fourth-order valence-corrected chi connectivity index (χ4v) is 2.61. The zero-order valence-electron chi connectivity index (χ0n) is 9.65. The zero-order chi connectivity index (χ0) is 11.8. The van der Waals surface area contributed by atoms with Gasteiger partial charge in [-0.15, -0.1) is 0 Å². The van der Waals surface area contributed by atoms with Gasteiger partial charge in [0.2, 0.25) is 0 Å². The summed E-state index contributed by atoms with van der Waals surface area (Å²) in [6, 6.07) is 2.30. The lowest BCUT2D eigenvalue weighted by molar-refractivity contribution is 0.0520. The lowest BCUT2D eigenvalue weighted by atomic mass is 9.93. The predicted octanol–water partition coefficient (Wildman–Crippen LogP) is 1.73. The Kier molecular flexibility index (Phi) is 3.19. The van der Waals surface area contributed by atoms with Crippen molar-refractivity contribution >= 4 is 11.6 Å². The van der Waals surface area contributed by atoms with Crippen LogP contribution in [0.1, 0.15) is 18.9 Å². The molecule has 1 aromatic heterocycles. The second-order valence-electron chi connectivity index (χ2n) is 4.84. The number of hydrogen-bond donors (Lipinski definition) is 1. The van der Waals surface area contributed by atoms with E-state index in [1.54, 1.807) is 12.4 Å². The Morgan fingerprint density at radius 3 is 3.00 bits per heavy atom. The molecule has 1 aliphatic rings. The first-order chi connectivity index (χ1) is 7.50. The number of aliphatic hydroxyl groups is 1. The first-order valence-corrected chi connectivity index (χ1v) is 5.89. The Hall–Kier alpha value is -0.640.